The van der Waals surface area contributed by atoms with Crippen LogP contribution in [0.4, 0.5) is 20.2 Å². The number of benzene rings is 2. The number of anilines is 2. The lowest BCUT2D eigenvalue weighted by molar-refractivity contribution is -0.155. The quantitative estimate of drug-likeness (QED) is 0.440. The molecule has 4 amide bonds. The van der Waals surface area contributed by atoms with Gasteiger partial charge in [0.1, 0.15) is 11.6 Å². The SMILES string of the molecule is CCOC(=O)C1=C(C)C2[C@H]3C(=O)N(c4ccccc4F)C(=O)[C@@H]3C1(C)[C@H]1C(=O)N(c3ccccc3F)C(=O)[C@H]21. The Balaban J connectivity index is 1.57. The molecule has 0 unspecified atom stereocenters. The smallest absolute Gasteiger partial charge is 0.334 e. The van der Waals surface area contributed by atoms with Crippen LogP contribution in [-0.4, -0.2) is 36.2 Å². The van der Waals surface area contributed by atoms with Crippen LogP contribution in [0, 0.1) is 46.6 Å². The molecule has 2 aliphatic heterocycles. The van der Waals surface area contributed by atoms with Gasteiger partial charge in [0.2, 0.25) is 23.6 Å². The zero-order valence-corrected chi connectivity index (χ0v) is 21.3. The van der Waals surface area contributed by atoms with Gasteiger partial charge in [-0.2, -0.15) is 0 Å². The summed E-state index contributed by atoms with van der Waals surface area (Å²) in [5.41, 5.74) is -1.71. The number of nitrogens with zero attached hydrogens (tertiary/aromatic N) is 2. The summed E-state index contributed by atoms with van der Waals surface area (Å²) in [6.45, 7) is 4.73. The highest BCUT2D eigenvalue weighted by Crippen LogP contribution is 2.68. The fourth-order valence-electron chi connectivity index (χ4n) is 7.55. The van der Waals surface area contributed by atoms with Gasteiger partial charge in [-0.1, -0.05) is 36.8 Å². The van der Waals surface area contributed by atoms with Gasteiger partial charge >= 0.3 is 5.97 Å². The molecule has 5 aliphatic rings. The summed E-state index contributed by atoms with van der Waals surface area (Å²) >= 11 is 0. The van der Waals surface area contributed by atoms with Crippen LogP contribution in [0.25, 0.3) is 0 Å². The molecule has 0 N–H and O–H groups in total. The van der Waals surface area contributed by atoms with Crippen LogP contribution >= 0.6 is 0 Å². The number of carbonyl (C=O) groups excluding carboxylic acids is 5. The number of hydrogen-bond donors (Lipinski definition) is 0. The van der Waals surface area contributed by atoms with Crippen LogP contribution in [0.5, 0.6) is 0 Å². The van der Waals surface area contributed by atoms with Crippen LogP contribution in [0.1, 0.15) is 20.8 Å². The first kappa shape index (κ1) is 25.1. The minimum Gasteiger partial charge on any atom is -0.463 e. The zero-order chi connectivity index (χ0) is 28.0. The second kappa shape index (κ2) is 8.39. The maximum absolute atomic E-state index is 14.8. The molecule has 3 aliphatic carbocycles. The zero-order valence-electron chi connectivity index (χ0n) is 21.3. The van der Waals surface area contributed by atoms with Gasteiger partial charge < -0.3 is 4.74 Å². The van der Waals surface area contributed by atoms with E-state index in [4.69, 9.17) is 4.74 Å². The number of ether oxygens (including phenoxy) is 1. The molecule has 2 saturated heterocycles. The number of hydrogen-bond acceptors (Lipinski definition) is 6. The fraction of sp³-hybridized carbons (Fsp3) is 0.345. The van der Waals surface area contributed by atoms with Crippen LogP contribution in [0.15, 0.2) is 59.7 Å². The third-order valence-electron chi connectivity index (χ3n) is 8.87. The van der Waals surface area contributed by atoms with Gasteiger partial charge in [-0.05, 0) is 38.1 Å². The number of rotatable bonds is 4. The molecule has 4 atom stereocenters. The molecule has 2 bridgehead atoms. The normalized spacial score (nSPS) is 31.3. The second-order valence-electron chi connectivity index (χ2n) is 10.5. The molecule has 0 aromatic heterocycles. The monoisotopic (exact) mass is 534 g/mol. The Labute approximate surface area is 222 Å². The van der Waals surface area contributed by atoms with Crippen molar-refractivity contribution in [2.75, 3.05) is 16.4 Å². The Morgan fingerprint density at radius 3 is 1.64 bits per heavy atom. The number of imide groups is 2. The highest BCUT2D eigenvalue weighted by atomic mass is 19.1. The van der Waals surface area contributed by atoms with E-state index in [0.29, 0.717) is 5.57 Å². The molecule has 10 heteroatoms. The maximum atomic E-state index is 14.8. The average Bonchev–Trinajstić information content (AvgIpc) is 3.31. The van der Waals surface area contributed by atoms with Crippen molar-refractivity contribution >= 4 is 41.0 Å². The number of amides is 4. The lowest BCUT2D eigenvalue weighted by Gasteiger charge is -2.55. The van der Waals surface area contributed by atoms with Gasteiger partial charge in [-0.25, -0.2) is 23.4 Å². The van der Waals surface area contributed by atoms with Crippen molar-refractivity contribution in [3.8, 4) is 0 Å². The van der Waals surface area contributed by atoms with Crippen molar-refractivity contribution in [1.82, 2.24) is 0 Å². The van der Waals surface area contributed by atoms with Crippen molar-refractivity contribution in [3.63, 3.8) is 0 Å². The second-order valence-corrected chi connectivity index (χ2v) is 10.5. The summed E-state index contributed by atoms with van der Waals surface area (Å²) in [4.78, 5) is 70.7. The molecule has 1 saturated carbocycles. The van der Waals surface area contributed by atoms with Gasteiger partial charge in [0.05, 0.1) is 41.7 Å². The van der Waals surface area contributed by atoms with Crippen molar-refractivity contribution < 1.29 is 37.5 Å². The molecule has 7 rings (SSSR count). The number of para-hydroxylation sites is 2. The predicted molar refractivity (Wildman–Crippen MR) is 133 cm³/mol. The van der Waals surface area contributed by atoms with Crippen LogP contribution in [0.2, 0.25) is 0 Å². The first-order chi connectivity index (χ1) is 18.6. The molecule has 2 aromatic rings. The summed E-state index contributed by atoms with van der Waals surface area (Å²) in [5, 5.41) is 0. The van der Waals surface area contributed by atoms with Crippen molar-refractivity contribution in [3.05, 3.63) is 71.3 Å². The Bertz CT molecular complexity index is 1440. The van der Waals surface area contributed by atoms with E-state index < -0.39 is 76.2 Å². The minimum absolute atomic E-state index is 0.0149. The van der Waals surface area contributed by atoms with Gasteiger partial charge in [0, 0.05) is 16.9 Å². The summed E-state index contributed by atoms with van der Waals surface area (Å²) in [6.07, 6.45) is 0. The van der Waals surface area contributed by atoms with E-state index in [2.05, 4.69) is 0 Å². The number of allylic oxidation sites excluding steroid dienone is 1. The fourth-order valence-corrected chi connectivity index (χ4v) is 7.55. The van der Waals surface area contributed by atoms with Crippen LogP contribution < -0.4 is 9.80 Å². The van der Waals surface area contributed by atoms with Crippen molar-refractivity contribution in [1.29, 1.82) is 0 Å². The van der Waals surface area contributed by atoms with Gasteiger partial charge in [0.15, 0.2) is 0 Å². The Morgan fingerprint density at radius 1 is 0.795 bits per heavy atom. The Kier molecular flexibility index (Phi) is 5.40. The van der Waals surface area contributed by atoms with E-state index in [1.54, 1.807) is 13.8 Å². The van der Waals surface area contributed by atoms with Crippen molar-refractivity contribution in [2.45, 2.75) is 20.8 Å². The Morgan fingerprint density at radius 2 is 1.23 bits per heavy atom. The molecule has 0 radical (unpaired) electrons. The van der Waals surface area contributed by atoms with E-state index in [1.165, 1.54) is 43.3 Å². The number of carbonyl (C=O) groups is 5. The third kappa shape index (κ3) is 2.99. The van der Waals surface area contributed by atoms with Gasteiger partial charge in [-0.15, -0.1) is 0 Å². The van der Waals surface area contributed by atoms with E-state index in [1.807, 2.05) is 0 Å². The van der Waals surface area contributed by atoms with Gasteiger partial charge in [-0.3, -0.25) is 19.2 Å². The Hall–Kier alpha value is -4.21. The topological polar surface area (TPSA) is 101 Å². The van der Waals surface area contributed by atoms with E-state index in [-0.39, 0.29) is 23.6 Å². The molecule has 3 fully saturated rings. The molecule has 2 heterocycles. The highest BCUT2D eigenvalue weighted by Gasteiger charge is 2.77. The summed E-state index contributed by atoms with van der Waals surface area (Å²) in [7, 11) is 0. The highest BCUT2D eigenvalue weighted by molar-refractivity contribution is 6.27. The number of esters is 1. The maximum Gasteiger partial charge on any atom is 0.334 e. The van der Waals surface area contributed by atoms with Crippen LogP contribution in [-0.2, 0) is 28.7 Å². The van der Waals surface area contributed by atoms with Crippen molar-refractivity contribution in [2.24, 2.45) is 35.0 Å². The largest absolute Gasteiger partial charge is 0.463 e. The molecule has 39 heavy (non-hydrogen) atoms. The molecule has 2 aromatic carbocycles. The summed E-state index contributed by atoms with van der Waals surface area (Å²) < 4.78 is 34.9. The molecular formula is C29H24F2N2O6. The first-order valence-electron chi connectivity index (χ1n) is 12.7. The van der Waals surface area contributed by atoms with Gasteiger partial charge in [0.25, 0.3) is 0 Å². The van der Waals surface area contributed by atoms with E-state index >= 15 is 0 Å². The molecule has 0 spiro atoms. The third-order valence-corrected chi connectivity index (χ3v) is 8.87. The average molecular weight is 535 g/mol. The van der Waals surface area contributed by atoms with E-state index in [9.17, 15) is 32.8 Å². The molecular weight excluding hydrogens is 510 g/mol. The predicted octanol–water partition coefficient (Wildman–Crippen LogP) is 3.41. The first-order valence-corrected chi connectivity index (χ1v) is 12.7. The number of halogens is 2. The lowest BCUT2D eigenvalue weighted by Crippen LogP contribution is -2.61. The lowest BCUT2D eigenvalue weighted by atomic mass is 9.43. The standard InChI is InChI=1S/C29H24F2N2O6/c1-4-39-28(38)21-13(2)18-19-22(26(36)32(24(19)34)16-11-7-5-9-14(16)30)29(21,3)23-20(18)25(35)33(27(23)37)17-12-8-6-10-15(17)31/h5-12,18-20,22-23H,4H2,1-3H3/t18?,19-,20-,22-,23-,29?/m1/s1. The summed E-state index contributed by atoms with van der Waals surface area (Å²) in [6, 6.07) is 10.7. The summed E-state index contributed by atoms with van der Waals surface area (Å²) in [5.74, 6) is -11.0. The van der Waals surface area contributed by atoms with Crippen LogP contribution in [0.3, 0.4) is 0 Å². The minimum atomic E-state index is -1.65. The van der Waals surface area contributed by atoms with E-state index in [0.717, 1.165) is 21.9 Å². The molecule has 200 valence electrons. The molecule has 8 nitrogen and oxygen atoms in total.